The van der Waals surface area contributed by atoms with Gasteiger partial charge in [0.25, 0.3) is 5.92 Å². The van der Waals surface area contributed by atoms with Crippen molar-refractivity contribution in [3.8, 4) is 0 Å². The number of benzene rings is 2. The molecule has 9 heteroatoms. The second kappa shape index (κ2) is 7.81. The van der Waals surface area contributed by atoms with Crippen molar-refractivity contribution in [3.05, 3.63) is 59.0 Å². The van der Waals surface area contributed by atoms with E-state index in [-0.39, 0.29) is 31.5 Å². The lowest BCUT2D eigenvalue weighted by molar-refractivity contribution is -0.159. The lowest BCUT2D eigenvalue weighted by Crippen LogP contribution is -2.47. The molecule has 1 aliphatic carbocycles. The SMILES string of the molecule is O=C(Nc1ccc(F)cc1)N1CCC(C(F)(F)[C@H](O)c2c3c(cc4cn[nH]c24)CC3)CC1. The fraction of sp³-hybridized carbons (Fsp3) is 0.391. The number of carbonyl (C=O) groups excluding carboxylic acids is 1. The van der Waals surface area contributed by atoms with Crippen molar-refractivity contribution in [2.75, 3.05) is 18.4 Å². The number of carbonyl (C=O) groups is 1. The van der Waals surface area contributed by atoms with Crippen LogP contribution in [-0.4, -0.2) is 45.2 Å². The fourth-order valence-electron chi connectivity index (χ4n) is 4.74. The van der Waals surface area contributed by atoms with E-state index in [4.69, 9.17) is 0 Å². The Morgan fingerprint density at radius 3 is 2.59 bits per heavy atom. The molecule has 1 aromatic heterocycles. The molecule has 1 saturated heterocycles. The summed E-state index contributed by atoms with van der Waals surface area (Å²) in [5.41, 5.74) is 2.92. The van der Waals surface area contributed by atoms with Crippen LogP contribution in [0.15, 0.2) is 36.5 Å². The van der Waals surface area contributed by atoms with Crippen molar-refractivity contribution in [2.24, 2.45) is 5.92 Å². The molecule has 1 fully saturated rings. The summed E-state index contributed by atoms with van der Waals surface area (Å²) in [7, 11) is 0. The zero-order valence-electron chi connectivity index (χ0n) is 17.2. The topological polar surface area (TPSA) is 81.2 Å². The van der Waals surface area contributed by atoms with E-state index in [9.17, 15) is 14.3 Å². The zero-order valence-corrected chi connectivity index (χ0v) is 17.2. The highest BCUT2D eigenvalue weighted by molar-refractivity contribution is 5.89. The number of aryl methyl sites for hydroxylation is 1. The van der Waals surface area contributed by atoms with Gasteiger partial charge in [0.2, 0.25) is 0 Å². The third-order valence-electron chi connectivity index (χ3n) is 6.68. The molecular formula is C23H23F3N4O2. The van der Waals surface area contributed by atoms with E-state index >= 15 is 8.78 Å². The van der Waals surface area contributed by atoms with Gasteiger partial charge in [-0.1, -0.05) is 0 Å². The monoisotopic (exact) mass is 444 g/mol. The van der Waals surface area contributed by atoms with Crippen molar-refractivity contribution in [1.82, 2.24) is 15.1 Å². The smallest absolute Gasteiger partial charge is 0.321 e. The number of nitrogens with one attached hydrogen (secondary N) is 2. The molecule has 0 unspecified atom stereocenters. The van der Waals surface area contributed by atoms with Crippen molar-refractivity contribution in [3.63, 3.8) is 0 Å². The van der Waals surface area contributed by atoms with Crippen molar-refractivity contribution in [1.29, 1.82) is 0 Å². The number of anilines is 1. The highest BCUT2D eigenvalue weighted by Crippen LogP contribution is 2.47. The molecule has 168 valence electrons. The van der Waals surface area contributed by atoms with Crippen LogP contribution in [0.4, 0.5) is 23.7 Å². The van der Waals surface area contributed by atoms with E-state index in [0.29, 0.717) is 17.6 Å². The van der Waals surface area contributed by atoms with Gasteiger partial charge in [-0.15, -0.1) is 0 Å². The Bertz CT molecular complexity index is 1150. The predicted molar refractivity (Wildman–Crippen MR) is 113 cm³/mol. The van der Waals surface area contributed by atoms with E-state index in [0.717, 1.165) is 22.9 Å². The number of alkyl halides is 2. The zero-order chi connectivity index (χ0) is 22.5. The second-order valence-corrected chi connectivity index (χ2v) is 8.54. The number of aliphatic hydroxyl groups excluding tert-OH is 1. The third-order valence-corrected chi connectivity index (χ3v) is 6.68. The average molecular weight is 444 g/mol. The number of halogens is 3. The maximum Gasteiger partial charge on any atom is 0.321 e. The summed E-state index contributed by atoms with van der Waals surface area (Å²) in [6.45, 7) is 0.290. The largest absolute Gasteiger partial charge is 0.382 e. The van der Waals surface area contributed by atoms with E-state index in [1.54, 1.807) is 6.20 Å². The van der Waals surface area contributed by atoms with Crippen LogP contribution in [0.25, 0.3) is 10.9 Å². The van der Waals surface area contributed by atoms with Gasteiger partial charge in [-0.25, -0.2) is 18.0 Å². The number of hydrogen-bond acceptors (Lipinski definition) is 3. The average Bonchev–Trinajstić information content (AvgIpc) is 3.24. The van der Waals surface area contributed by atoms with Gasteiger partial charge in [0.05, 0.1) is 11.7 Å². The minimum Gasteiger partial charge on any atom is -0.382 e. The molecule has 0 saturated carbocycles. The van der Waals surface area contributed by atoms with Crippen LogP contribution in [0.1, 0.15) is 35.6 Å². The number of piperidine rings is 1. The first-order chi connectivity index (χ1) is 15.3. The van der Waals surface area contributed by atoms with Crippen molar-refractivity contribution in [2.45, 2.75) is 37.7 Å². The maximum absolute atomic E-state index is 15.4. The summed E-state index contributed by atoms with van der Waals surface area (Å²) < 4.78 is 43.9. The van der Waals surface area contributed by atoms with Gasteiger partial charge in [0.1, 0.15) is 11.9 Å². The first kappa shape index (κ1) is 20.8. The van der Waals surface area contributed by atoms with Gasteiger partial charge in [-0.2, -0.15) is 5.10 Å². The number of aromatic nitrogens is 2. The summed E-state index contributed by atoms with van der Waals surface area (Å²) in [5.74, 6) is -4.81. The third kappa shape index (κ3) is 3.50. The molecule has 3 N–H and O–H groups in total. The number of fused-ring (bicyclic) bond motifs is 2. The minimum atomic E-state index is -3.34. The highest BCUT2D eigenvalue weighted by Gasteiger charge is 2.50. The number of urea groups is 1. The van der Waals surface area contributed by atoms with Crippen LogP contribution < -0.4 is 5.32 Å². The molecule has 0 spiro atoms. The first-order valence-electron chi connectivity index (χ1n) is 10.7. The van der Waals surface area contributed by atoms with Crippen molar-refractivity contribution >= 4 is 22.6 Å². The molecule has 2 aliphatic rings. The number of aromatic amines is 1. The number of aliphatic hydroxyl groups is 1. The Hall–Kier alpha value is -3.07. The molecule has 0 bridgehead atoms. The van der Waals surface area contributed by atoms with Gasteiger partial charge in [-0.05, 0) is 67.1 Å². The van der Waals surface area contributed by atoms with Crippen molar-refractivity contribution < 1.29 is 23.1 Å². The fourth-order valence-corrected chi connectivity index (χ4v) is 4.74. The molecule has 6 nitrogen and oxygen atoms in total. The lowest BCUT2D eigenvalue weighted by atomic mass is 9.77. The number of hydrogen-bond donors (Lipinski definition) is 3. The Morgan fingerprint density at radius 2 is 1.94 bits per heavy atom. The van der Waals surface area contributed by atoms with Crippen LogP contribution in [-0.2, 0) is 12.8 Å². The number of amides is 2. The molecule has 1 aliphatic heterocycles. The van der Waals surface area contributed by atoms with E-state index in [2.05, 4.69) is 15.5 Å². The first-order valence-corrected chi connectivity index (χ1v) is 10.7. The maximum atomic E-state index is 15.4. The molecule has 3 aromatic rings. The molecular weight excluding hydrogens is 421 g/mol. The van der Waals surface area contributed by atoms with Crippen LogP contribution >= 0.6 is 0 Å². The van der Waals surface area contributed by atoms with Crippen LogP contribution in [0.3, 0.4) is 0 Å². The molecule has 0 radical (unpaired) electrons. The number of nitrogens with zero attached hydrogens (tertiary/aromatic N) is 2. The predicted octanol–water partition coefficient (Wildman–Crippen LogP) is 4.41. The second-order valence-electron chi connectivity index (χ2n) is 8.54. The molecule has 2 amide bonds. The quantitative estimate of drug-likeness (QED) is 0.558. The summed E-state index contributed by atoms with van der Waals surface area (Å²) >= 11 is 0. The summed E-state index contributed by atoms with van der Waals surface area (Å²) in [6.07, 6.45) is 1.26. The Kier molecular flexibility index (Phi) is 5.08. The standard InChI is InChI=1S/C23H23F3N4O2/c24-16-2-4-17(5-3-16)28-22(32)30-9-7-15(8-10-30)23(25,26)21(31)19-18-6-1-13(18)11-14-12-27-29-20(14)19/h2-5,11-12,15,21,31H,1,6-10H2,(H,27,29)(H,28,32)/t21-/m1/s1. The van der Waals surface area contributed by atoms with E-state index < -0.39 is 29.8 Å². The van der Waals surface area contributed by atoms with Crippen LogP contribution in [0.2, 0.25) is 0 Å². The van der Waals surface area contributed by atoms with Crippen LogP contribution in [0, 0.1) is 11.7 Å². The lowest BCUT2D eigenvalue weighted by Gasteiger charge is -2.38. The van der Waals surface area contributed by atoms with Gasteiger partial charge in [0.15, 0.2) is 0 Å². The number of rotatable bonds is 4. The van der Waals surface area contributed by atoms with Gasteiger partial charge in [-0.3, -0.25) is 5.10 Å². The summed E-state index contributed by atoms with van der Waals surface area (Å²) in [5, 5.41) is 20.9. The number of H-pyrrole nitrogens is 1. The summed E-state index contributed by atoms with van der Waals surface area (Å²) in [6, 6.07) is 6.87. The van der Waals surface area contributed by atoms with E-state index in [1.165, 1.54) is 29.2 Å². The molecule has 1 atom stereocenters. The van der Waals surface area contributed by atoms with Gasteiger partial charge in [0, 0.05) is 35.6 Å². The molecule has 2 aromatic carbocycles. The molecule has 32 heavy (non-hydrogen) atoms. The highest BCUT2D eigenvalue weighted by atomic mass is 19.3. The Balaban J connectivity index is 1.28. The summed E-state index contributed by atoms with van der Waals surface area (Å²) in [4.78, 5) is 13.9. The number of likely N-dealkylation sites (tertiary alicyclic amines) is 1. The molecule has 5 rings (SSSR count). The van der Waals surface area contributed by atoms with Crippen LogP contribution in [0.5, 0.6) is 0 Å². The molecule has 2 heterocycles. The Labute approximate surface area is 182 Å². The van der Waals surface area contributed by atoms with E-state index in [1.807, 2.05) is 6.07 Å². The minimum absolute atomic E-state index is 0.0715. The normalized spacial score (nSPS) is 17.7. The Morgan fingerprint density at radius 1 is 1.22 bits per heavy atom. The van der Waals surface area contributed by atoms with Gasteiger partial charge >= 0.3 is 6.03 Å². The van der Waals surface area contributed by atoms with Gasteiger partial charge < -0.3 is 15.3 Å².